The summed E-state index contributed by atoms with van der Waals surface area (Å²) in [5.74, 6) is 1.19. The Bertz CT molecular complexity index is 371. The first kappa shape index (κ1) is 16.0. The predicted octanol–water partition coefficient (Wildman–Crippen LogP) is 3.26. The van der Waals surface area contributed by atoms with Crippen LogP contribution in [0.3, 0.4) is 0 Å². The number of hydrogen-bond donors (Lipinski definition) is 2. The van der Waals surface area contributed by atoms with Gasteiger partial charge >= 0.3 is 0 Å². The number of benzene rings is 1. The molecule has 18 heavy (non-hydrogen) atoms. The van der Waals surface area contributed by atoms with Crippen molar-refractivity contribution in [3.8, 4) is 0 Å². The van der Waals surface area contributed by atoms with Crippen LogP contribution in [0.2, 0.25) is 0 Å². The molecule has 2 nitrogen and oxygen atoms in total. The van der Waals surface area contributed by atoms with Crippen LogP contribution in [0.25, 0.3) is 0 Å². The lowest BCUT2D eigenvalue weighted by Crippen LogP contribution is -2.41. The monoisotopic (exact) mass is 331 g/mol. The molecule has 1 rings (SSSR count). The zero-order chi connectivity index (χ0) is 13.6. The standard InChI is InChI=1S/C14H22BrNOS/c1-11(12-5-4-6-13(15)7-12)8-16-9-14(2,17)10-18-3/h4-7,11,16-17H,8-10H2,1-3H3. The Labute approximate surface area is 123 Å². The molecule has 0 aliphatic heterocycles. The summed E-state index contributed by atoms with van der Waals surface area (Å²) in [6.07, 6.45) is 2.01. The fourth-order valence-corrected chi connectivity index (χ4v) is 2.99. The highest BCUT2D eigenvalue weighted by Crippen LogP contribution is 2.19. The van der Waals surface area contributed by atoms with Crippen molar-refractivity contribution < 1.29 is 5.11 Å². The zero-order valence-corrected chi connectivity index (χ0v) is 13.6. The van der Waals surface area contributed by atoms with E-state index in [2.05, 4.69) is 46.4 Å². The molecule has 0 fully saturated rings. The molecule has 1 aromatic carbocycles. The maximum Gasteiger partial charge on any atom is 0.0833 e. The van der Waals surface area contributed by atoms with Gasteiger partial charge in [-0.3, -0.25) is 0 Å². The second-order valence-electron chi connectivity index (χ2n) is 5.02. The van der Waals surface area contributed by atoms with Crippen LogP contribution in [0.1, 0.15) is 25.3 Å². The first-order valence-corrected chi connectivity index (χ1v) is 8.31. The summed E-state index contributed by atoms with van der Waals surface area (Å²) in [6, 6.07) is 8.37. The minimum Gasteiger partial charge on any atom is -0.388 e. The van der Waals surface area contributed by atoms with Crippen molar-refractivity contribution in [3.05, 3.63) is 34.3 Å². The molecule has 0 saturated carbocycles. The summed E-state index contributed by atoms with van der Waals surface area (Å²) in [6.45, 7) is 5.57. The van der Waals surface area contributed by atoms with E-state index in [0.29, 0.717) is 12.5 Å². The number of halogens is 1. The molecule has 0 amide bonds. The number of hydrogen-bond acceptors (Lipinski definition) is 3. The molecule has 102 valence electrons. The highest BCUT2D eigenvalue weighted by atomic mass is 79.9. The van der Waals surface area contributed by atoms with E-state index in [1.165, 1.54) is 5.56 Å². The van der Waals surface area contributed by atoms with Crippen molar-refractivity contribution in [1.82, 2.24) is 5.32 Å². The van der Waals surface area contributed by atoms with Crippen LogP contribution >= 0.6 is 27.7 Å². The van der Waals surface area contributed by atoms with Crippen molar-refractivity contribution >= 4 is 27.7 Å². The summed E-state index contributed by atoms with van der Waals surface area (Å²) >= 11 is 5.16. The summed E-state index contributed by atoms with van der Waals surface area (Å²) in [5.41, 5.74) is 0.678. The molecule has 4 heteroatoms. The molecule has 0 radical (unpaired) electrons. The van der Waals surface area contributed by atoms with Crippen LogP contribution in [0.5, 0.6) is 0 Å². The third-order valence-electron chi connectivity index (χ3n) is 2.83. The minimum absolute atomic E-state index is 0.438. The molecule has 0 aliphatic rings. The number of aliphatic hydroxyl groups is 1. The Morgan fingerprint density at radius 3 is 2.83 bits per heavy atom. The molecule has 2 atom stereocenters. The number of rotatable bonds is 7. The van der Waals surface area contributed by atoms with Crippen molar-refractivity contribution in [1.29, 1.82) is 0 Å². The van der Waals surface area contributed by atoms with Crippen molar-refractivity contribution in [2.24, 2.45) is 0 Å². The quantitative estimate of drug-likeness (QED) is 0.804. The van der Waals surface area contributed by atoms with Crippen LogP contribution in [0.15, 0.2) is 28.7 Å². The third-order valence-corrected chi connectivity index (χ3v) is 4.23. The topological polar surface area (TPSA) is 32.3 Å². The second kappa shape index (κ2) is 7.53. The fourth-order valence-electron chi connectivity index (χ4n) is 1.85. The third kappa shape index (κ3) is 5.74. The predicted molar refractivity (Wildman–Crippen MR) is 84.4 cm³/mol. The van der Waals surface area contributed by atoms with Gasteiger partial charge in [0, 0.05) is 23.3 Å². The lowest BCUT2D eigenvalue weighted by atomic mass is 10.0. The molecule has 0 aromatic heterocycles. The Balaban J connectivity index is 2.40. The average molecular weight is 332 g/mol. The van der Waals surface area contributed by atoms with Gasteiger partial charge in [0.15, 0.2) is 0 Å². The van der Waals surface area contributed by atoms with Crippen molar-refractivity contribution in [3.63, 3.8) is 0 Å². The largest absolute Gasteiger partial charge is 0.388 e. The van der Waals surface area contributed by atoms with E-state index in [0.717, 1.165) is 16.8 Å². The average Bonchev–Trinajstić information content (AvgIpc) is 2.28. The van der Waals surface area contributed by atoms with Crippen LogP contribution in [-0.4, -0.2) is 35.8 Å². The summed E-state index contributed by atoms with van der Waals surface area (Å²) in [5, 5.41) is 13.4. The molecular formula is C14H22BrNOS. The molecule has 0 spiro atoms. The minimum atomic E-state index is -0.629. The van der Waals surface area contributed by atoms with E-state index in [1.807, 2.05) is 19.2 Å². The van der Waals surface area contributed by atoms with Gasteiger partial charge in [-0.15, -0.1) is 0 Å². The summed E-state index contributed by atoms with van der Waals surface area (Å²) in [7, 11) is 0. The molecule has 0 aliphatic carbocycles. The number of nitrogens with one attached hydrogen (secondary N) is 1. The van der Waals surface area contributed by atoms with E-state index in [9.17, 15) is 5.11 Å². The molecule has 0 saturated heterocycles. The van der Waals surface area contributed by atoms with Gasteiger partial charge in [0.1, 0.15) is 0 Å². The zero-order valence-electron chi connectivity index (χ0n) is 11.2. The molecule has 0 bridgehead atoms. The van der Waals surface area contributed by atoms with Crippen LogP contribution in [0.4, 0.5) is 0 Å². The first-order chi connectivity index (χ1) is 8.44. The Morgan fingerprint density at radius 2 is 2.22 bits per heavy atom. The van der Waals surface area contributed by atoms with Gasteiger partial charge < -0.3 is 10.4 Å². The molecule has 0 heterocycles. The van der Waals surface area contributed by atoms with Gasteiger partial charge in [0.05, 0.1) is 5.60 Å². The maximum atomic E-state index is 10.1. The van der Waals surface area contributed by atoms with Gasteiger partial charge in [0.2, 0.25) is 0 Å². The second-order valence-corrected chi connectivity index (χ2v) is 6.80. The van der Waals surface area contributed by atoms with E-state index >= 15 is 0 Å². The van der Waals surface area contributed by atoms with Gasteiger partial charge in [-0.05, 0) is 36.8 Å². The summed E-state index contributed by atoms with van der Waals surface area (Å²) in [4.78, 5) is 0. The molecule has 2 N–H and O–H groups in total. The van der Waals surface area contributed by atoms with Crippen LogP contribution in [-0.2, 0) is 0 Å². The van der Waals surface area contributed by atoms with Gasteiger partial charge in [0.25, 0.3) is 0 Å². The Morgan fingerprint density at radius 1 is 1.50 bits per heavy atom. The lowest BCUT2D eigenvalue weighted by Gasteiger charge is -2.24. The van der Waals surface area contributed by atoms with Gasteiger partial charge in [-0.1, -0.05) is 35.0 Å². The van der Waals surface area contributed by atoms with E-state index < -0.39 is 5.60 Å². The van der Waals surface area contributed by atoms with E-state index in [4.69, 9.17) is 0 Å². The van der Waals surface area contributed by atoms with E-state index in [1.54, 1.807) is 11.8 Å². The smallest absolute Gasteiger partial charge is 0.0833 e. The Kier molecular flexibility index (Phi) is 6.71. The molecule has 1 aromatic rings. The molecular weight excluding hydrogens is 310 g/mol. The van der Waals surface area contributed by atoms with Gasteiger partial charge in [-0.2, -0.15) is 11.8 Å². The lowest BCUT2D eigenvalue weighted by molar-refractivity contribution is 0.0847. The number of thioether (sulfide) groups is 1. The van der Waals surface area contributed by atoms with Crippen molar-refractivity contribution in [2.45, 2.75) is 25.4 Å². The normalized spacial score (nSPS) is 16.3. The van der Waals surface area contributed by atoms with E-state index in [-0.39, 0.29) is 0 Å². The SMILES string of the molecule is CSCC(C)(O)CNCC(C)c1cccc(Br)c1. The Hall–Kier alpha value is -0.0300. The van der Waals surface area contributed by atoms with Gasteiger partial charge in [-0.25, -0.2) is 0 Å². The summed E-state index contributed by atoms with van der Waals surface area (Å²) < 4.78 is 1.11. The highest BCUT2D eigenvalue weighted by molar-refractivity contribution is 9.10. The van der Waals surface area contributed by atoms with Crippen molar-refractivity contribution in [2.75, 3.05) is 25.1 Å². The maximum absolute atomic E-state index is 10.1. The fraction of sp³-hybridized carbons (Fsp3) is 0.571. The first-order valence-electron chi connectivity index (χ1n) is 6.12. The highest BCUT2D eigenvalue weighted by Gasteiger charge is 2.19. The van der Waals surface area contributed by atoms with Crippen LogP contribution < -0.4 is 5.32 Å². The van der Waals surface area contributed by atoms with Crippen LogP contribution in [0, 0.1) is 0 Å². The molecule has 2 unspecified atom stereocenters.